The average molecular weight is 298 g/mol. The molecule has 0 bridgehead atoms. The molecular weight excluding hydrogens is 279 g/mol. The minimum atomic E-state index is -3.72. The van der Waals surface area contributed by atoms with Crippen LogP contribution >= 0.6 is 0 Å². The zero-order chi connectivity index (χ0) is 15.2. The zero-order valence-corrected chi connectivity index (χ0v) is 12.4. The van der Waals surface area contributed by atoms with Crippen molar-refractivity contribution in [3.63, 3.8) is 0 Å². The fourth-order valence-corrected chi connectivity index (χ4v) is 3.26. The number of rotatable bonds is 5. The van der Waals surface area contributed by atoms with Crippen LogP contribution in [0.2, 0.25) is 0 Å². The molecule has 1 rings (SSSR count). The van der Waals surface area contributed by atoms with Gasteiger partial charge in [0.05, 0.1) is 11.4 Å². The highest BCUT2D eigenvalue weighted by atomic mass is 32.2. The molecular formula is C14H19FN2O2S. The predicted molar refractivity (Wildman–Crippen MR) is 77.0 cm³/mol. The van der Waals surface area contributed by atoms with Crippen molar-refractivity contribution in [1.29, 1.82) is 0 Å². The predicted octanol–water partition coefficient (Wildman–Crippen LogP) is 1.60. The van der Waals surface area contributed by atoms with E-state index in [0.29, 0.717) is 12.8 Å². The molecule has 1 aromatic carbocycles. The van der Waals surface area contributed by atoms with E-state index >= 15 is 0 Å². The summed E-state index contributed by atoms with van der Waals surface area (Å²) in [5.41, 5.74) is 5.38. The van der Waals surface area contributed by atoms with Gasteiger partial charge in [0.1, 0.15) is 5.82 Å². The van der Waals surface area contributed by atoms with Gasteiger partial charge in [-0.05, 0) is 31.0 Å². The third kappa shape index (κ3) is 4.30. The van der Waals surface area contributed by atoms with E-state index in [1.165, 1.54) is 6.07 Å². The lowest BCUT2D eigenvalue weighted by Gasteiger charge is -2.15. The van der Waals surface area contributed by atoms with Gasteiger partial charge in [-0.15, -0.1) is 0 Å². The lowest BCUT2D eigenvalue weighted by molar-refractivity contribution is 0.530. The highest BCUT2D eigenvalue weighted by molar-refractivity contribution is 7.89. The summed E-state index contributed by atoms with van der Waals surface area (Å²) in [5.74, 6) is 4.60. The van der Waals surface area contributed by atoms with Crippen molar-refractivity contribution in [3.05, 3.63) is 29.6 Å². The molecule has 0 aliphatic carbocycles. The van der Waals surface area contributed by atoms with Crippen molar-refractivity contribution in [1.82, 2.24) is 4.72 Å². The molecule has 0 saturated carbocycles. The molecule has 0 fully saturated rings. The first kappa shape index (κ1) is 16.6. The minimum Gasteiger partial charge on any atom is -0.320 e. The molecule has 0 aromatic heterocycles. The molecule has 110 valence electrons. The maximum Gasteiger partial charge on any atom is 0.242 e. The van der Waals surface area contributed by atoms with E-state index in [4.69, 9.17) is 5.73 Å². The van der Waals surface area contributed by atoms with Crippen molar-refractivity contribution in [3.8, 4) is 11.8 Å². The van der Waals surface area contributed by atoms with Crippen LogP contribution in [0.25, 0.3) is 0 Å². The second-order valence-corrected chi connectivity index (χ2v) is 5.96. The summed E-state index contributed by atoms with van der Waals surface area (Å²) in [6.07, 6.45) is 1.36. The smallest absolute Gasteiger partial charge is 0.242 e. The number of hydrogen-bond donors (Lipinski definition) is 2. The van der Waals surface area contributed by atoms with Crippen LogP contribution < -0.4 is 10.5 Å². The van der Waals surface area contributed by atoms with Crippen molar-refractivity contribution in [2.75, 3.05) is 6.54 Å². The Bertz CT molecular complexity index is 614. The summed E-state index contributed by atoms with van der Waals surface area (Å²) in [6, 6.07) is 3.28. The van der Waals surface area contributed by atoms with Crippen molar-refractivity contribution >= 4 is 10.0 Å². The van der Waals surface area contributed by atoms with Crippen LogP contribution in [0.3, 0.4) is 0 Å². The van der Waals surface area contributed by atoms with Gasteiger partial charge in [0.25, 0.3) is 0 Å². The number of sulfonamides is 1. The summed E-state index contributed by atoms with van der Waals surface area (Å²) in [6.45, 7) is 3.88. The SMILES string of the molecule is CCC(CC)NS(=O)(=O)c1ccc(F)cc1C#CCN. The molecule has 0 atom stereocenters. The lowest BCUT2D eigenvalue weighted by atomic mass is 10.2. The number of hydrogen-bond acceptors (Lipinski definition) is 3. The normalized spacial score (nSPS) is 11.2. The van der Waals surface area contributed by atoms with Crippen LogP contribution in [0.5, 0.6) is 0 Å². The summed E-state index contributed by atoms with van der Waals surface area (Å²) in [4.78, 5) is -0.0215. The summed E-state index contributed by atoms with van der Waals surface area (Å²) >= 11 is 0. The maximum atomic E-state index is 13.2. The molecule has 20 heavy (non-hydrogen) atoms. The first-order valence-electron chi connectivity index (χ1n) is 6.45. The quantitative estimate of drug-likeness (QED) is 0.811. The number of halogens is 1. The third-order valence-corrected chi connectivity index (χ3v) is 4.44. The Kier molecular flexibility index (Phi) is 6.14. The monoisotopic (exact) mass is 298 g/mol. The van der Waals surface area contributed by atoms with E-state index in [2.05, 4.69) is 16.6 Å². The van der Waals surface area contributed by atoms with E-state index in [1.54, 1.807) is 0 Å². The van der Waals surface area contributed by atoms with Crippen molar-refractivity contribution in [2.24, 2.45) is 5.73 Å². The van der Waals surface area contributed by atoms with Gasteiger partial charge in [0.2, 0.25) is 10.0 Å². The molecule has 6 heteroatoms. The molecule has 0 saturated heterocycles. The third-order valence-electron chi connectivity index (χ3n) is 2.86. The molecule has 4 nitrogen and oxygen atoms in total. The minimum absolute atomic E-state index is 0.0215. The molecule has 0 amide bonds. The average Bonchev–Trinajstić information content (AvgIpc) is 2.42. The topological polar surface area (TPSA) is 72.2 Å². The second-order valence-electron chi connectivity index (χ2n) is 4.28. The first-order chi connectivity index (χ1) is 9.44. The van der Waals surface area contributed by atoms with Gasteiger partial charge in [-0.3, -0.25) is 0 Å². The number of nitrogens with one attached hydrogen (secondary N) is 1. The fourth-order valence-electron chi connectivity index (χ4n) is 1.72. The standard InChI is InChI=1S/C14H19FN2O2S/c1-3-13(4-2)17-20(18,19)14-8-7-12(15)10-11(14)6-5-9-16/h7-8,10,13,17H,3-4,9,16H2,1-2H3. The zero-order valence-electron chi connectivity index (χ0n) is 11.6. The summed E-state index contributed by atoms with van der Waals surface area (Å²) in [5, 5.41) is 0. The molecule has 0 aliphatic heterocycles. The van der Waals surface area contributed by atoms with Gasteiger partial charge in [0.15, 0.2) is 0 Å². The van der Waals surface area contributed by atoms with E-state index in [9.17, 15) is 12.8 Å². The van der Waals surface area contributed by atoms with Crippen LogP contribution in [0, 0.1) is 17.7 Å². The van der Waals surface area contributed by atoms with Gasteiger partial charge in [-0.25, -0.2) is 17.5 Å². The Morgan fingerprint density at radius 3 is 2.55 bits per heavy atom. The van der Waals surface area contributed by atoms with Crippen LogP contribution in [-0.2, 0) is 10.0 Å². The Balaban J connectivity index is 3.23. The second kappa shape index (κ2) is 7.39. The Hall–Kier alpha value is -1.42. The van der Waals surface area contributed by atoms with Gasteiger partial charge in [-0.1, -0.05) is 25.7 Å². The highest BCUT2D eigenvalue weighted by Gasteiger charge is 2.21. The summed E-state index contributed by atoms with van der Waals surface area (Å²) in [7, 11) is -3.72. The fraction of sp³-hybridized carbons (Fsp3) is 0.429. The van der Waals surface area contributed by atoms with Gasteiger partial charge < -0.3 is 5.73 Å². The largest absolute Gasteiger partial charge is 0.320 e. The molecule has 0 radical (unpaired) electrons. The van der Waals surface area contributed by atoms with Crippen molar-refractivity contribution in [2.45, 2.75) is 37.6 Å². The number of benzene rings is 1. The van der Waals surface area contributed by atoms with Gasteiger partial charge in [-0.2, -0.15) is 0 Å². The van der Waals surface area contributed by atoms with Crippen molar-refractivity contribution < 1.29 is 12.8 Å². The summed E-state index contributed by atoms with van der Waals surface area (Å²) < 4.78 is 40.5. The van der Waals surface area contributed by atoms with E-state index in [0.717, 1.165) is 12.1 Å². The first-order valence-corrected chi connectivity index (χ1v) is 7.93. The van der Waals surface area contributed by atoms with Crippen LogP contribution in [0.4, 0.5) is 4.39 Å². The maximum absolute atomic E-state index is 13.2. The Morgan fingerprint density at radius 1 is 1.35 bits per heavy atom. The Morgan fingerprint density at radius 2 is 2.00 bits per heavy atom. The molecule has 1 aromatic rings. The lowest BCUT2D eigenvalue weighted by Crippen LogP contribution is -2.34. The van der Waals surface area contributed by atoms with Crippen LogP contribution in [0.1, 0.15) is 32.3 Å². The number of nitrogens with two attached hydrogens (primary N) is 1. The van der Waals surface area contributed by atoms with Gasteiger partial charge >= 0.3 is 0 Å². The van der Waals surface area contributed by atoms with Gasteiger partial charge in [0, 0.05) is 11.6 Å². The van der Waals surface area contributed by atoms with Crippen LogP contribution in [0.15, 0.2) is 23.1 Å². The van der Waals surface area contributed by atoms with E-state index in [1.807, 2.05) is 13.8 Å². The van der Waals surface area contributed by atoms with E-state index in [-0.39, 0.29) is 23.0 Å². The Labute approximate surface area is 119 Å². The molecule has 0 unspecified atom stereocenters. The molecule has 0 heterocycles. The van der Waals surface area contributed by atoms with Crippen LogP contribution in [-0.4, -0.2) is 21.0 Å². The molecule has 0 aliphatic rings. The molecule has 0 spiro atoms. The molecule has 3 N–H and O–H groups in total. The van der Waals surface area contributed by atoms with E-state index < -0.39 is 15.8 Å². The highest BCUT2D eigenvalue weighted by Crippen LogP contribution is 2.17.